The minimum Gasteiger partial charge on any atom is -0.444 e. The van der Waals surface area contributed by atoms with E-state index in [-0.39, 0.29) is 6.09 Å². The van der Waals surface area contributed by atoms with E-state index in [1.807, 2.05) is 20.8 Å². The Hall–Kier alpha value is -1.54. The average Bonchev–Trinajstić information content (AvgIpc) is 2.53. The number of unbranched alkanes of at least 4 members (excludes halogenated alkanes) is 1. The highest BCUT2D eigenvalue weighted by Crippen LogP contribution is 2.06. The second-order valence-corrected chi connectivity index (χ2v) is 6.52. The monoisotopic (exact) mass is 360 g/mol. The minimum absolute atomic E-state index is 0.386. The van der Waals surface area contributed by atoms with Gasteiger partial charge in [-0.3, -0.25) is 4.99 Å². The predicted octanol–water partition coefficient (Wildman–Crippen LogP) is 1.51. The molecule has 0 aliphatic rings. The lowest BCUT2D eigenvalue weighted by Crippen LogP contribution is -2.39. The summed E-state index contributed by atoms with van der Waals surface area (Å²) in [5.41, 5.74) is -0.469. The van der Waals surface area contributed by atoms with Crippen molar-refractivity contribution in [2.45, 2.75) is 45.6 Å². The SMILES string of the molecule is CN=C(NCCCCOCCOC)NCCCNC(=O)OC(C)(C)C. The second kappa shape index (κ2) is 14.8. The van der Waals surface area contributed by atoms with Crippen molar-refractivity contribution >= 4 is 12.1 Å². The zero-order chi connectivity index (χ0) is 19.0. The van der Waals surface area contributed by atoms with Crippen molar-refractivity contribution in [2.24, 2.45) is 4.99 Å². The van der Waals surface area contributed by atoms with Crippen LogP contribution in [0.3, 0.4) is 0 Å². The number of methoxy groups -OCH3 is 1. The summed E-state index contributed by atoms with van der Waals surface area (Å²) < 4.78 is 15.5. The molecule has 0 aromatic carbocycles. The Morgan fingerprint density at radius 1 is 0.920 bits per heavy atom. The molecule has 0 aromatic rings. The van der Waals surface area contributed by atoms with Crippen molar-refractivity contribution in [2.75, 3.05) is 53.6 Å². The van der Waals surface area contributed by atoms with Crippen LogP contribution in [0.2, 0.25) is 0 Å². The van der Waals surface area contributed by atoms with Gasteiger partial charge in [0.15, 0.2) is 5.96 Å². The van der Waals surface area contributed by atoms with Crippen molar-refractivity contribution in [1.29, 1.82) is 0 Å². The third-order valence-electron chi connectivity index (χ3n) is 2.98. The van der Waals surface area contributed by atoms with Crippen LogP contribution in [0.4, 0.5) is 4.79 Å². The van der Waals surface area contributed by atoms with Gasteiger partial charge in [0.1, 0.15) is 5.60 Å². The molecule has 0 atom stereocenters. The molecular formula is C17H36N4O4. The molecule has 0 unspecified atom stereocenters. The van der Waals surface area contributed by atoms with E-state index < -0.39 is 5.60 Å². The van der Waals surface area contributed by atoms with Crippen LogP contribution in [0, 0.1) is 0 Å². The van der Waals surface area contributed by atoms with Crippen LogP contribution in [-0.4, -0.2) is 71.3 Å². The number of ether oxygens (including phenoxy) is 3. The Morgan fingerprint density at radius 3 is 2.16 bits per heavy atom. The molecule has 8 nitrogen and oxygen atoms in total. The maximum Gasteiger partial charge on any atom is 0.407 e. The molecule has 0 saturated heterocycles. The van der Waals surface area contributed by atoms with Crippen molar-refractivity contribution in [3.63, 3.8) is 0 Å². The molecule has 0 spiro atoms. The third kappa shape index (κ3) is 17.1. The van der Waals surface area contributed by atoms with Crippen LogP contribution < -0.4 is 16.0 Å². The summed E-state index contributed by atoms with van der Waals surface area (Å²) in [6.07, 6.45) is 2.40. The maximum atomic E-state index is 11.5. The lowest BCUT2D eigenvalue weighted by atomic mass is 10.2. The lowest BCUT2D eigenvalue weighted by Gasteiger charge is -2.19. The van der Waals surface area contributed by atoms with E-state index >= 15 is 0 Å². The van der Waals surface area contributed by atoms with Crippen molar-refractivity contribution < 1.29 is 19.0 Å². The number of guanidine groups is 1. The van der Waals surface area contributed by atoms with Crippen LogP contribution in [0.25, 0.3) is 0 Å². The number of rotatable bonds is 12. The number of hydrogen-bond donors (Lipinski definition) is 3. The average molecular weight is 360 g/mol. The first-order chi connectivity index (χ1) is 11.9. The molecule has 0 aliphatic carbocycles. The fourth-order valence-electron chi connectivity index (χ4n) is 1.80. The summed E-state index contributed by atoms with van der Waals surface area (Å²) in [7, 11) is 3.40. The number of alkyl carbamates (subject to hydrolysis) is 1. The van der Waals surface area contributed by atoms with Crippen LogP contribution in [0.5, 0.6) is 0 Å². The standard InChI is InChI=1S/C17H36N4O4/c1-17(2,3)25-16(22)21-11-8-10-20-15(18-4)19-9-6-7-12-24-14-13-23-5/h6-14H2,1-5H3,(H,21,22)(H2,18,19,20). The zero-order valence-electron chi connectivity index (χ0n) is 16.4. The van der Waals surface area contributed by atoms with E-state index in [1.165, 1.54) is 0 Å². The zero-order valence-corrected chi connectivity index (χ0v) is 16.4. The lowest BCUT2D eigenvalue weighted by molar-refractivity contribution is 0.0527. The summed E-state index contributed by atoms with van der Waals surface area (Å²) >= 11 is 0. The normalized spacial score (nSPS) is 12.0. The summed E-state index contributed by atoms with van der Waals surface area (Å²) in [6, 6.07) is 0. The number of carbonyl (C=O) groups excluding carboxylic acids is 1. The largest absolute Gasteiger partial charge is 0.444 e. The van der Waals surface area contributed by atoms with Gasteiger partial charge in [0.2, 0.25) is 0 Å². The highest BCUT2D eigenvalue weighted by molar-refractivity contribution is 5.79. The summed E-state index contributed by atoms with van der Waals surface area (Å²) in [5, 5.41) is 9.19. The van der Waals surface area contributed by atoms with Gasteiger partial charge in [0.05, 0.1) is 13.2 Å². The van der Waals surface area contributed by atoms with E-state index in [4.69, 9.17) is 14.2 Å². The van der Waals surface area contributed by atoms with Gasteiger partial charge in [-0.25, -0.2) is 4.79 Å². The molecular weight excluding hydrogens is 324 g/mol. The van der Waals surface area contributed by atoms with Gasteiger partial charge in [-0.1, -0.05) is 0 Å². The molecule has 0 rings (SSSR count). The quantitative estimate of drug-likeness (QED) is 0.277. The highest BCUT2D eigenvalue weighted by Gasteiger charge is 2.15. The molecule has 0 fully saturated rings. The summed E-state index contributed by atoms with van der Waals surface area (Å²) in [5.74, 6) is 0.762. The molecule has 1 amide bonds. The summed E-state index contributed by atoms with van der Waals surface area (Å²) in [6.45, 7) is 9.66. The van der Waals surface area contributed by atoms with E-state index in [0.29, 0.717) is 19.8 Å². The highest BCUT2D eigenvalue weighted by atomic mass is 16.6. The topological polar surface area (TPSA) is 93.2 Å². The maximum absolute atomic E-state index is 11.5. The first-order valence-corrected chi connectivity index (χ1v) is 8.87. The molecule has 0 aliphatic heterocycles. The Balaban J connectivity index is 3.55. The van der Waals surface area contributed by atoms with E-state index in [1.54, 1.807) is 14.2 Å². The fraction of sp³-hybridized carbons (Fsp3) is 0.882. The van der Waals surface area contributed by atoms with Gasteiger partial charge >= 0.3 is 6.09 Å². The molecule has 25 heavy (non-hydrogen) atoms. The first-order valence-electron chi connectivity index (χ1n) is 8.87. The van der Waals surface area contributed by atoms with Crippen molar-refractivity contribution in [3.8, 4) is 0 Å². The number of nitrogens with zero attached hydrogens (tertiary/aromatic N) is 1. The Morgan fingerprint density at radius 2 is 1.56 bits per heavy atom. The van der Waals surface area contributed by atoms with Gasteiger partial charge in [-0.05, 0) is 40.0 Å². The number of aliphatic imine (C=N–C) groups is 1. The van der Waals surface area contributed by atoms with E-state index in [2.05, 4.69) is 20.9 Å². The van der Waals surface area contributed by atoms with Crippen LogP contribution >= 0.6 is 0 Å². The molecule has 3 N–H and O–H groups in total. The molecule has 0 saturated carbocycles. The van der Waals surface area contributed by atoms with Gasteiger partial charge in [-0.2, -0.15) is 0 Å². The van der Waals surface area contributed by atoms with Crippen LogP contribution in [0.15, 0.2) is 4.99 Å². The Kier molecular flexibility index (Phi) is 13.9. The van der Waals surface area contributed by atoms with Crippen LogP contribution in [-0.2, 0) is 14.2 Å². The molecule has 0 aromatic heterocycles. The van der Waals surface area contributed by atoms with Gasteiger partial charge in [-0.15, -0.1) is 0 Å². The smallest absolute Gasteiger partial charge is 0.407 e. The van der Waals surface area contributed by atoms with Gasteiger partial charge < -0.3 is 30.2 Å². The second-order valence-electron chi connectivity index (χ2n) is 6.52. The number of carbonyl (C=O) groups is 1. The summed E-state index contributed by atoms with van der Waals surface area (Å²) in [4.78, 5) is 15.7. The van der Waals surface area contributed by atoms with Crippen molar-refractivity contribution in [3.05, 3.63) is 0 Å². The first kappa shape index (κ1) is 23.5. The molecule has 8 heteroatoms. The molecule has 0 radical (unpaired) electrons. The predicted molar refractivity (Wildman–Crippen MR) is 100 cm³/mol. The van der Waals surface area contributed by atoms with Gasteiger partial charge in [0, 0.05) is 40.4 Å². The Bertz CT molecular complexity index is 370. The fourth-order valence-corrected chi connectivity index (χ4v) is 1.80. The van der Waals surface area contributed by atoms with E-state index in [9.17, 15) is 4.79 Å². The number of nitrogens with one attached hydrogen (secondary N) is 3. The van der Waals surface area contributed by atoms with E-state index in [0.717, 1.165) is 44.9 Å². The van der Waals surface area contributed by atoms with Gasteiger partial charge in [0.25, 0.3) is 0 Å². The Labute approximate surface area is 152 Å². The molecule has 0 heterocycles. The van der Waals surface area contributed by atoms with Crippen LogP contribution in [0.1, 0.15) is 40.0 Å². The third-order valence-corrected chi connectivity index (χ3v) is 2.98. The molecule has 148 valence electrons. The van der Waals surface area contributed by atoms with Crippen molar-refractivity contribution in [1.82, 2.24) is 16.0 Å². The minimum atomic E-state index is -0.469. The molecule has 0 bridgehead atoms. The number of amides is 1. The number of hydrogen-bond acceptors (Lipinski definition) is 5.